The van der Waals surface area contributed by atoms with Gasteiger partial charge in [-0.2, -0.15) is 18.0 Å². The summed E-state index contributed by atoms with van der Waals surface area (Å²) in [6.45, 7) is 4.74. The van der Waals surface area contributed by atoms with Crippen LogP contribution < -0.4 is 4.57 Å². The van der Waals surface area contributed by atoms with E-state index in [0.717, 1.165) is 16.4 Å². The molecule has 9 heteroatoms. The largest absolute Gasteiger partial charge is 0.286 e. The first-order valence-electron chi connectivity index (χ1n) is 9.90. The van der Waals surface area contributed by atoms with Gasteiger partial charge in [-0.25, -0.2) is 0 Å². The van der Waals surface area contributed by atoms with E-state index in [4.69, 9.17) is 9.76 Å². The monoisotopic (exact) mass is 445 g/mol. The van der Waals surface area contributed by atoms with Crippen molar-refractivity contribution in [2.24, 2.45) is 0 Å². The average Bonchev–Trinajstić information content (AvgIpc) is 3.01. The number of carbonyl (C=O) groups is 2. The molecule has 0 atom stereocenters. The fourth-order valence-corrected chi connectivity index (χ4v) is 4.09. The highest BCUT2D eigenvalue weighted by Crippen LogP contribution is 2.23. The van der Waals surface area contributed by atoms with Crippen LogP contribution in [-0.2, 0) is 26.3 Å². The molecular weight excluding hydrogens is 420 g/mol. The molecule has 2 N–H and O–H groups in total. The number of amides is 2. The van der Waals surface area contributed by atoms with Crippen LogP contribution in [-0.4, -0.2) is 40.8 Å². The van der Waals surface area contributed by atoms with Crippen LogP contribution in [0.25, 0.3) is 21.8 Å². The second kappa shape index (κ2) is 9.09. The Labute approximate surface area is 180 Å². The number of aromatic nitrogens is 1. The van der Waals surface area contributed by atoms with E-state index >= 15 is 0 Å². The van der Waals surface area contributed by atoms with Gasteiger partial charge < -0.3 is 0 Å². The highest BCUT2D eigenvalue weighted by molar-refractivity contribution is 7.85. The van der Waals surface area contributed by atoms with E-state index < -0.39 is 21.9 Å². The number of carbonyl (C=O) groups excluding carboxylic acids is 2. The third-order valence-corrected chi connectivity index (χ3v) is 6.19. The molecule has 0 saturated carbocycles. The summed E-state index contributed by atoms with van der Waals surface area (Å²) >= 11 is 0. The minimum atomic E-state index is -3.93. The molecule has 1 aliphatic rings. The Bertz CT molecular complexity index is 1250. The summed E-state index contributed by atoms with van der Waals surface area (Å²) in [5, 5.41) is 10.9. The molecule has 0 unspecified atom stereocenters. The zero-order valence-corrected chi connectivity index (χ0v) is 18.2. The van der Waals surface area contributed by atoms with Gasteiger partial charge in [-0.05, 0) is 37.1 Å². The lowest BCUT2D eigenvalue weighted by Crippen LogP contribution is -2.36. The Kier molecular flexibility index (Phi) is 6.68. The van der Waals surface area contributed by atoms with Crippen LogP contribution >= 0.6 is 0 Å². The topological polar surface area (TPSA) is 116 Å². The van der Waals surface area contributed by atoms with Crippen LogP contribution in [0.5, 0.6) is 0 Å². The van der Waals surface area contributed by atoms with Crippen LogP contribution in [0, 0.1) is 13.8 Å². The van der Waals surface area contributed by atoms with Crippen molar-refractivity contribution in [3.63, 3.8) is 0 Å². The second-order valence-corrected chi connectivity index (χ2v) is 9.11. The number of imide groups is 1. The first kappa shape index (κ1) is 22.8. The molecule has 8 nitrogen and oxygen atoms in total. The van der Waals surface area contributed by atoms with E-state index in [9.17, 15) is 18.0 Å². The van der Waals surface area contributed by atoms with Crippen molar-refractivity contribution in [3.8, 4) is 0 Å². The number of hydroxylamine groups is 2. The molecular formula is C22H25N2O6S+. The molecule has 2 aromatic carbocycles. The van der Waals surface area contributed by atoms with Gasteiger partial charge in [-0.1, -0.05) is 18.2 Å². The minimum absolute atomic E-state index is 0.148. The molecule has 1 aromatic heterocycles. The lowest BCUT2D eigenvalue weighted by atomic mass is 10.0. The summed E-state index contributed by atoms with van der Waals surface area (Å²) in [4.78, 5) is 20.5. The van der Waals surface area contributed by atoms with Gasteiger partial charge in [0.1, 0.15) is 0 Å². The third kappa shape index (κ3) is 5.25. The highest BCUT2D eigenvalue weighted by Gasteiger charge is 2.26. The van der Waals surface area contributed by atoms with E-state index in [-0.39, 0.29) is 23.7 Å². The Balaban J connectivity index is 0.000000287. The van der Waals surface area contributed by atoms with Gasteiger partial charge in [0.15, 0.2) is 6.54 Å². The van der Waals surface area contributed by atoms with Gasteiger partial charge in [-0.3, -0.25) is 19.3 Å². The maximum atomic E-state index is 11.0. The predicted molar refractivity (Wildman–Crippen MR) is 115 cm³/mol. The third-order valence-electron chi connectivity index (χ3n) is 5.39. The van der Waals surface area contributed by atoms with Crippen molar-refractivity contribution in [1.82, 2.24) is 5.06 Å². The number of hydrogen-bond donors (Lipinski definition) is 2. The van der Waals surface area contributed by atoms with Crippen LogP contribution in [0.15, 0.2) is 42.5 Å². The maximum Gasteiger partial charge on any atom is 0.265 e. The van der Waals surface area contributed by atoms with Crippen molar-refractivity contribution in [3.05, 3.63) is 53.6 Å². The zero-order valence-electron chi connectivity index (χ0n) is 17.4. The summed E-state index contributed by atoms with van der Waals surface area (Å²) in [6, 6.07) is 14.4. The Morgan fingerprint density at radius 3 is 2.23 bits per heavy atom. The molecule has 0 radical (unpaired) electrons. The lowest BCUT2D eigenvalue weighted by Gasteiger charge is -2.09. The van der Waals surface area contributed by atoms with Gasteiger partial charge in [0.25, 0.3) is 21.9 Å². The van der Waals surface area contributed by atoms with Crippen LogP contribution in [0.2, 0.25) is 0 Å². The molecule has 0 aliphatic carbocycles. The molecule has 3 aromatic rings. The standard InChI is InChI=1S/C18H19NO3S.C4H5NO3/c1-13-8-9-18-16(14(13)2)12-15-6-3-4-7-17(15)19(18)10-5-11-23(20,21)22;6-3-1-2-4(7)5(3)8/h3-4,6-9,12H,5,10-11H2,1-2H3;8H,1-2H2/p+1. The van der Waals surface area contributed by atoms with E-state index in [1.165, 1.54) is 16.5 Å². The lowest BCUT2D eigenvalue weighted by molar-refractivity contribution is -0.645. The first-order valence-corrected chi connectivity index (χ1v) is 11.5. The molecule has 164 valence electrons. The van der Waals surface area contributed by atoms with Crippen LogP contribution in [0.3, 0.4) is 0 Å². The van der Waals surface area contributed by atoms with Crippen molar-refractivity contribution < 1.29 is 32.3 Å². The molecule has 2 heterocycles. The summed E-state index contributed by atoms with van der Waals surface area (Å²) < 4.78 is 33.1. The Hall–Kier alpha value is -2.88. The van der Waals surface area contributed by atoms with E-state index in [2.05, 4.69) is 42.7 Å². The molecule has 31 heavy (non-hydrogen) atoms. The van der Waals surface area contributed by atoms with Gasteiger partial charge in [0.05, 0.1) is 11.1 Å². The molecule has 1 fully saturated rings. The normalized spacial score (nSPS) is 14.3. The summed E-state index contributed by atoms with van der Waals surface area (Å²) in [5.41, 5.74) is 4.62. The molecule has 0 bridgehead atoms. The fraction of sp³-hybridized carbons (Fsp3) is 0.318. The number of benzene rings is 2. The Morgan fingerprint density at radius 1 is 1.00 bits per heavy atom. The van der Waals surface area contributed by atoms with Gasteiger partial charge in [0, 0.05) is 36.8 Å². The molecule has 2 amide bonds. The second-order valence-electron chi connectivity index (χ2n) is 7.53. The number of para-hydroxylation sites is 1. The summed E-state index contributed by atoms with van der Waals surface area (Å²) in [5.74, 6) is -1.24. The quantitative estimate of drug-likeness (QED) is 0.210. The maximum absolute atomic E-state index is 11.0. The van der Waals surface area contributed by atoms with Gasteiger partial charge in [-0.15, -0.1) is 0 Å². The number of hydrogen-bond acceptors (Lipinski definition) is 5. The molecule has 4 rings (SSSR count). The number of fused-ring (bicyclic) bond motifs is 2. The molecule has 0 spiro atoms. The van der Waals surface area contributed by atoms with Crippen molar-refractivity contribution >= 4 is 43.7 Å². The van der Waals surface area contributed by atoms with Crippen molar-refractivity contribution in [1.29, 1.82) is 0 Å². The average molecular weight is 446 g/mol. The van der Waals surface area contributed by atoms with Crippen molar-refractivity contribution in [2.45, 2.75) is 39.7 Å². The number of aryl methyl sites for hydroxylation is 3. The van der Waals surface area contributed by atoms with Gasteiger partial charge in [0.2, 0.25) is 11.0 Å². The summed E-state index contributed by atoms with van der Waals surface area (Å²) in [6.07, 6.45) is 0.671. The molecule has 1 saturated heterocycles. The summed E-state index contributed by atoms with van der Waals surface area (Å²) in [7, 11) is -3.93. The fourth-order valence-electron chi connectivity index (χ4n) is 3.59. The first-order chi connectivity index (χ1) is 14.6. The van der Waals surface area contributed by atoms with E-state index in [1.807, 2.05) is 18.2 Å². The Morgan fingerprint density at radius 2 is 1.65 bits per heavy atom. The van der Waals surface area contributed by atoms with Crippen LogP contribution in [0.1, 0.15) is 30.4 Å². The highest BCUT2D eigenvalue weighted by atomic mass is 32.2. The van der Waals surface area contributed by atoms with Gasteiger partial charge >= 0.3 is 0 Å². The van der Waals surface area contributed by atoms with E-state index in [0.29, 0.717) is 13.0 Å². The number of nitrogens with zero attached hydrogens (tertiary/aromatic N) is 2. The SMILES string of the molecule is Cc1ccc2c(cc3ccccc3[n+]2CCCS(=O)(=O)O)c1C.O=C1CCC(=O)N1O. The number of pyridine rings is 1. The van der Waals surface area contributed by atoms with Crippen LogP contribution in [0.4, 0.5) is 0 Å². The minimum Gasteiger partial charge on any atom is -0.286 e. The van der Waals surface area contributed by atoms with E-state index in [1.54, 1.807) is 0 Å². The number of rotatable bonds is 4. The van der Waals surface area contributed by atoms with Crippen molar-refractivity contribution in [2.75, 3.05) is 5.75 Å². The molecule has 1 aliphatic heterocycles. The smallest absolute Gasteiger partial charge is 0.265 e. The zero-order chi connectivity index (χ0) is 22.8. The predicted octanol–water partition coefficient (Wildman–Crippen LogP) is 2.70.